The summed E-state index contributed by atoms with van der Waals surface area (Å²) in [5.41, 5.74) is 8.83. The van der Waals surface area contributed by atoms with E-state index < -0.39 is 0 Å². The molecule has 1 aromatic carbocycles. The number of hydrogen-bond acceptors (Lipinski definition) is 2. The molecule has 15 heavy (non-hydrogen) atoms. The smallest absolute Gasteiger partial charge is 0.0427 e. The molecule has 0 radical (unpaired) electrons. The molecule has 0 saturated carbocycles. The standard InChI is InChI=1S/C12H17BrN2/c1-8(2)15-6-9-5-10(13)3-4-11(9)12(14)7-15/h3-5,8,12H,6-7,14H2,1-2H3. The van der Waals surface area contributed by atoms with Crippen LogP contribution in [0.5, 0.6) is 0 Å². The summed E-state index contributed by atoms with van der Waals surface area (Å²) in [4.78, 5) is 2.42. The Morgan fingerprint density at radius 1 is 1.47 bits per heavy atom. The first kappa shape index (κ1) is 11.1. The fraction of sp³-hybridized carbons (Fsp3) is 0.500. The van der Waals surface area contributed by atoms with Crippen LogP contribution in [-0.2, 0) is 6.54 Å². The van der Waals surface area contributed by atoms with Crippen molar-refractivity contribution in [1.29, 1.82) is 0 Å². The van der Waals surface area contributed by atoms with Gasteiger partial charge in [0.15, 0.2) is 0 Å². The average Bonchev–Trinajstić information content (AvgIpc) is 2.16. The van der Waals surface area contributed by atoms with Crippen molar-refractivity contribution in [1.82, 2.24) is 4.90 Å². The van der Waals surface area contributed by atoms with Gasteiger partial charge in [0.1, 0.15) is 0 Å². The van der Waals surface area contributed by atoms with Gasteiger partial charge in [0.05, 0.1) is 0 Å². The molecule has 2 nitrogen and oxygen atoms in total. The molecule has 1 aliphatic rings. The molecule has 82 valence electrons. The van der Waals surface area contributed by atoms with Crippen molar-refractivity contribution < 1.29 is 0 Å². The van der Waals surface area contributed by atoms with Crippen LogP contribution in [0.4, 0.5) is 0 Å². The van der Waals surface area contributed by atoms with Crippen LogP contribution in [0.2, 0.25) is 0 Å². The second kappa shape index (κ2) is 4.24. The van der Waals surface area contributed by atoms with E-state index in [1.807, 2.05) is 0 Å². The number of hydrogen-bond donors (Lipinski definition) is 1. The minimum absolute atomic E-state index is 0.157. The van der Waals surface area contributed by atoms with E-state index in [2.05, 4.69) is 52.9 Å². The van der Waals surface area contributed by atoms with Gasteiger partial charge in [0, 0.05) is 29.6 Å². The van der Waals surface area contributed by atoms with Gasteiger partial charge in [-0.25, -0.2) is 0 Å². The van der Waals surface area contributed by atoms with Crippen LogP contribution < -0.4 is 5.73 Å². The maximum absolute atomic E-state index is 6.17. The Balaban J connectivity index is 2.33. The summed E-state index contributed by atoms with van der Waals surface area (Å²) in [6.45, 7) is 6.41. The van der Waals surface area contributed by atoms with Gasteiger partial charge in [0.2, 0.25) is 0 Å². The largest absolute Gasteiger partial charge is 0.323 e. The molecule has 1 unspecified atom stereocenters. The third kappa shape index (κ3) is 2.25. The minimum atomic E-state index is 0.157. The highest BCUT2D eigenvalue weighted by molar-refractivity contribution is 9.10. The molecule has 0 aliphatic carbocycles. The fourth-order valence-corrected chi connectivity index (χ4v) is 2.51. The van der Waals surface area contributed by atoms with Crippen LogP contribution >= 0.6 is 15.9 Å². The number of rotatable bonds is 1. The van der Waals surface area contributed by atoms with Gasteiger partial charge >= 0.3 is 0 Å². The Kier molecular flexibility index (Phi) is 3.14. The summed E-state index contributed by atoms with van der Waals surface area (Å²) >= 11 is 3.51. The van der Waals surface area contributed by atoms with Crippen LogP contribution in [0.3, 0.4) is 0 Å². The lowest BCUT2D eigenvalue weighted by Gasteiger charge is -2.35. The first-order chi connectivity index (χ1) is 7.08. The second-order valence-electron chi connectivity index (χ2n) is 4.47. The van der Waals surface area contributed by atoms with Crippen molar-refractivity contribution >= 4 is 15.9 Å². The number of nitrogens with zero attached hydrogens (tertiary/aromatic N) is 1. The van der Waals surface area contributed by atoms with Crippen molar-refractivity contribution in [2.45, 2.75) is 32.5 Å². The third-order valence-corrected chi connectivity index (χ3v) is 3.53. The monoisotopic (exact) mass is 268 g/mol. The van der Waals surface area contributed by atoms with Crippen LogP contribution in [-0.4, -0.2) is 17.5 Å². The number of nitrogens with two attached hydrogens (primary N) is 1. The summed E-state index contributed by atoms with van der Waals surface area (Å²) in [6, 6.07) is 7.11. The van der Waals surface area contributed by atoms with Gasteiger partial charge in [-0.05, 0) is 37.1 Å². The third-order valence-electron chi connectivity index (χ3n) is 3.04. The zero-order chi connectivity index (χ0) is 11.0. The van der Waals surface area contributed by atoms with E-state index in [0.29, 0.717) is 6.04 Å². The first-order valence-corrected chi connectivity index (χ1v) is 6.15. The van der Waals surface area contributed by atoms with E-state index in [9.17, 15) is 0 Å². The molecule has 1 aromatic rings. The number of fused-ring (bicyclic) bond motifs is 1. The van der Waals surface area contributed by atoms with Crippen molar-refractivity contribution in [3.8, 4) is 0 Å². The van der Waals surface area contributed by atoms with Gasteiger partial charge in [-0.3, -0.25) is 4.90 Å². The summed E-state index contributed by atoms with van der Waals surface area (Å²) in [6.07, 6.45) is 0. The van der Waals surface area contributed by atoms with E-state index in [-0.39, 0.29) is 6.04 Å². The van der Waals surface area contributed by atoms with E-state index in [1.165, 1.54) is 11.1 Å². The maximum Gasteiger partial charge on any atom is 0.0427 e. The molecule has 3 heteroatoms. The topological polar surface area (TPSA) is 29.3 Å². The summed E-state index contributed by atoms with van der Waals surface area (Å²) in [5, 5.41) is 0. The molecule has 1 heterocycles. The highest BCUT2D eigenvalue weighted by Crippen LogP contribution is 2.28. The Bertz CT molecular complexity index is 363. The molecular formula is C12H17BrN2. The molecule has 0 bridgehead atoms. The van der Waals surface area contributed by atoms with Gasteiger partial charge in [-0.2, -0.15) is 0 Å². The van der Waals surface area contributed by atoms with Crippen molar-refractivity contribution in [3.63, 3.8) is 0 Å². The quantitative estimate of drug-likeness (QED) is 0.849. The molecule has 2 N–H and O–H groups in total. The molecule has 2 rings (SSSR count). The lowest BCUT2D eigenvalue weighted by molar-refractivity contribution is 0.185. The molecule has 0 fully saturated rings. The second-order valence-corrected chi connectivity index (χ2v) is 5.39. The van der Waals surface area contributed by atoms with Crippen LogP contribution in [0.1, 0.15) is 31.0 Å². The van der Waals surface area contributed by atoms with Gasteiger partial charge in [-0.1, -0.05) is 22.0 Å². The average molecular weight is 269 g/mol. The highest BCUT2D eigenvalue weighted by atomic mass is 79.9. The fourth-order valence-electron chi connectivity index (χ4n) is 2.10. The van der Waals surface area contributed by atoms with Gasteiger partial charge < -0.3 is 5.73 Å². The summed E-state index contributed by atoms with van der Waals surface area (Å²) in [5.74, 6) is 0. The van der Waals surface area contributed by atoms with Crippen LogP contribution in [0, 0.1) is 0 Å². The maximum atomic E-state index is 6.17. The lowest BCUT2D eigenvalue weighted by Crippen LogP contribution is -2.40. The zero-order valence-corrected chi connectivity index (χ0v) is 10.8. The van der Waals surface area contributed by atoms with Gasteiger partial charge in [-0.15, -0.1) is 0 Å². The molecule has 0 saturated heterocycles. The Morgan fingerprint density at radius 3 is 2.87 bits per heavy atom. The minimum Gasteiger partial charge on any atom is -0.323 e. The van der Waals surface area contributed by atoms with E-state index in [1.54, 1.807) is 0 Å². The summed E-state index contributed by atoms with van der Waals surface area (Å²) in [7, 11) is 0. The summed E-state index contributed by atoms with van der Waals surface area (Å²) < 4.78 is 1.14. The SMILES string of the molecule is CC(C)N1Cc2cc(Br)ccc2C(N)C1. The van der Waals surface area contributed by atoms with Crippen LogP contribution in [0.15, 0.2) is 22.7 Å². The molecule has 1 aliphatic heterocycles. The Morgan fingerprint density at radius 2 is 2.20 bits per heavy atom. The molecule has 0 amide bonds. The predicted octanol–water partition coefficient (Wildman–Crippen LogP) is 2.67. The normalized spacial score (nSPS) is 21.8. The number of halogens is 1. The van der Waals surface area contributed by atoms with Crippen molar-refractivity contribution in [2.75, 3.05) is 6.54 Å². The lowest BCUT2D eigenvalue weighted by atomic mass is 9.95. The first-order valence-electron chi connectivity index (χ1n) is 5.36. The number of benzene rings is 1. The Hall–Kier alpha value is -0.380. The molecule has 0 spiro atoms. The van der Waals surface area contributed by atoms with E-state index >= 15 is 0 Å². The van der Waals surface area contributed by atoms with E-state index in [0.717, 1.165) is 17.6 Å². The van der Waals surface area contributed by atoms with E-state index in [4.69, 9.17) is 5.73 Å². The van der Waals surface area contributed by atoms with Gasteiger partial charge in [0.25, 0.3) is 0 Å². The molecular weight excluding hydrogens is 252 g/mol. The molecule has 0 aromatic heterocycles. The van der Waals surface area contributed by atoms with Crippen molar-refractivity contribution in [3.05, 3.63) is 33.8 Å². The Labute approximate surface area is 99.6 Å². The molecule has 1 atom stereocenters. The zero-order valence-electron chi connectivity index (χ0n) is 9.20. The predicted molar refractivity (Wildman–Crippen MR) is 66.6 cm³/mol. The van der Waals surface area contributed by atoms with Crippen LogP contribution in [0.25, 0.3) is 0 Å². The highest BCUT2D eigenvalue weighted by Gasteiger charge is 2.23. The van der Waals surface area contributed by atoms with Crippen molar-refractivity contribution in [2.24, 2.45) is 5.73 Å².